The molecular weight excluding hydrogens is 394 g/mol. The van der Waals surface area contributed by atoms with Gasteiger partial charge in [0.05, 0.1) is 29.2 Å². The number of nitrogens with one attached hydrogen (secondary N) is 1. The molecule has 1 aliphatic rings. The number of pyridine rings is 1. The van der Waals surface area contributed by atoms with Gasteiger partial charge in [0.25, 0.3) is 0 Å². The molecule has 0 aromatic carbocycles. The number of carbonyl (C=O) groups excluding carboxylic acids is 1. The number of ether oxygens (including phenoxy) is 1. The van der Waals surface area contributed by atoms with Crippen LogP contribution in [-0.4, -0.2) is 55.3 Å². The van der Waals surface area contributed by atoms with Gasteiger partial charge < -0.3 is 20.7 Å². The molecule has 3 N–H and O–H groups in total. The van der Waals surface area contributed by atoms with Crippen LogP contribution < -0.4 is 11.1 Å². The monoisotopic (exact) mass is 423 g/mol. The quantitative estimate of drug-likeness (QED) is 0.663. The van der Waals surface area contributed by atoms with Crippen molar-refractivity contribution in [2.75, 3.05) is 24.1 Å². The molecule has 1 atom stereocenters. The maximum Gasteiger partial charge on any atom is 0.410 e. The minimum absolute atomic E-state index is 0.0254. The van der Waals surface area contributed by atoms with Crippen LogP contribution in [0.15, 0.2) is 30.7 Å². The molecule has 3 aromatic heterocycles. The summed E-state index contributed by atoms with van der Waals surface area (Å²) in [6.07, 6.45) is 6.78. The molecule has 4 heterocycles. The van der Waals surface area contributed by atoms with Gasteiger partial charge in [-0.3, -0.25) is 0 Å². The van der Waals surface area contributed by atoms with Crippen molar-refractivity contribution in [2.24, 2.45) is 0 Å². The summed E-state index contributed by atoms with van der Waals surface area (Å²) in [5.41, 5.74) is 9.01. The van der Waals surface area contributed by atoms with Crippen LogP contribution in [0.3, 0.4) is 0 Å². The highest BCUT2D eigenvalue weighted by molar-refractivity contribution is 5.78. The average Bonchev–Trinajstić information content (AvgIpc) is 3.11. The van der Waals surface area contributed by atoms with Crippen LogP contribution in [0.5, 0.6) is 0 Å². The Balaban J connectivity index is 1.54. The summed E-state index contributed by atoms with van der Waals surface area (Å²) in [5, 5.41) is 7.80. The highest BCUT2D eigenvalue weighted by Crippen LogP contribution is 2.26. The van der Waals surface area contributed by atoms with Gasteiger partial charge in [0.15, 0.2) is 11.6 Å². The molecule has 4 rings (SSSR count). The lowest BCUT2D eigenvalue weighted by atomic mass is 10.1. The van der Waals surface area contributed by atoms with Gasteiger partial charge in [-0.05, 0) is 58.2 Å². The van der Waals surface area contributed by atoms with Crippen LogP contribution in [0, 0.1) is 6.92 Å². The zero-order chi connectivity index (χ0) is 22.2. The van der Waals surface area contributed by atoms with Crippen LogP contribution in [-0.2, 0) is 4.74 Å². The zero-order valence-electron chi connectivity index (χ0n) is 18.4. The minimum atomic E-state index is -0.518. The van der Waals surface area contributed by atoms with Crippen LogP contribution >= 0.6 is 0 Å². The fraction of sp³-hybridized carbons (Fsp3) is 0.455. The summed E-state index contributed by atoms with van der Waals surface area (Å²) in [4.78, 5) is 23.3. The van der Waals surface area contributed by atoms with Gasteiger partial charge in [0, 0.05) is 25.3 Å². The third-order valence-corrected chi connectivity index (χ3v) is 5.15. The molecule has 0 aliphatic carbocycles. The predicted molar refractivity (Wildman–Crippen MR) is 120 cm³/mol. The molecule has 31 heavy (non-hydrogen) atoms. The largest absolute Gasteiger partial charge is 0.444 e. The lowest BCUT2D eigenvalue weighted by molar-refractivity contribution is 0.0206. The second kappa shape index (κ2) is 8.05. The van der Waals surface area contributed by atoms with Gasteiger partial charge in [-0.15, -0.1) is 0 Å². The standard InChI is InChI=1S/C22H29N7O2/c1-14-7-9-29-18(10-14)16(11-25-29)19-24-12-17(23)20(27-19)26-15-6-5-8-28(13-15)21(30)31-22(2,3)4/h7,9-12,15H,5-6,8,13,23H2,1-4H3,(H,24,26,27). The Bertz CT molecular complexity index is 1100. The lowest BCUT2D eigenvalue weighted by Crippen LogP contribution is -2.47. The molecule has 1 unspecified atom stereocenters. The van der Waals surface area contributed by atoms with E-state index >= 15 is 0 Å². The summed E-state index contributed by atoms with van der Waals surface area (Å²) < 4.78 is 7.32. The topological polar surface area (TPSA) is 111 Å². The third kappa shape index (κ3) is 4.70. The molecule has 0 radical (unpaired) electrons. The van der Waals surface area contributed by atoms with E-state index in [1.807, 2.05) is 40.0 Å². The summed E-state index contributed by atoms with van der Waals surface area (Å²) in [6, 6.07) is 4.08. The number of nitrogens with zero attached hydrogens (tertiary/aromatic N) is 5. The van der Waals surface area contributed by atoms with Crippen LogP contribution in [0.1, 0.15) is 39.2 Å². The molecule has 0 bridgehead atoms. The second-order valence-electron chi connectivity index (χ2n) is 9.00. The van der Waals surface area contributed by atoms with Crippen molar-refractivity contribution in [3.8, 4) is 11.4 Å². The van der Waals surface area contributed by atoms with Gasteiger partial charge in [0.1, 0.15) is 5.60 Å². The van der Waals surface area contributed by atoms with Crippen molar-refractivity contribution in [1.82, 2.24) is 24.5 Å². The number of amides is 1. The first-order chi connectivity index (χ1) is 14.7. The third-order valence-electron chi connectivity index (χ3n) is 5.15. The number of anilines is 2. The van der Waals surface area contributed by atoms with E-state index in [-0.39, 0.29) is 12.1 Å². The minimum Gasteiger partial charge on any atom is -0.444 e. The van der Waals surface area contributed by atoms with E-state index in [0.29, 0.717) is 30.4 Å². The van der Waals surface area contributed by atoms with Gasteiger partial charge in [-0.1, -0.05) is 0 Å². The highest BCUT2D eigenvalue weighted by Gasteiger charge is 2.28. The summed E-state index contributed by atoms with van der Waals surface area (Å²) in [7, 11) is 0. The van der Waals surface area contributed by atoms with Crippen molar-refractivity contribution >= 4 is 23.1 Å². The zero-order valence-corrected chi connectivity index (χ0v) is 18.4. The molecule has 1 saturated heterocycles. The van der Waals surface area contributed by atoms with E-state index in [0.717, 1.165) is 29.5 Å². The Kier molecular flexibility index (Phi) is 5.43. The molecule has 3 aromatic rings. The van der Waals surface area contributed by atoms with E-state index in [4.69, 9.17) is 10.5 Å². The molecular formula is C22H29N7O2. The normalized spacial score (nSPS) is 17.0. The van der Waals surface area contributed by atoms with Crippen molar-refractivity contribution in [3.05, 3.63) is 36.3 Å². The number of nitrogens with two attached hydrogens (primary N) is 1. The summed E-state index contributed by atoms with van der Waals surface area (Å²) >= 11 is 0. The number of aromatic nitrogens is 4. The second-order valence-corrected chi connectivity index (χ2v) is 9.00. The van der Waals surface area contributed by atoms with Crippen molar-refractivity contribution < 1.29 is 9.53 Å². The fourth-order valence-corrected chi connectivity index (χ4v) is 3.68. The molecule has 9 nitrogen and oxygen atoms in total. The van der Waals surface area contributed by atoms with Crippen LogP contribution in [0.25, 0.3) is 16.9 Å². The van der Waals surface area contributed by atoms with Gasteiger partial charge in [0.2, 0.25) is 0 Å². The van der Waals surface area contributed by atoms with Gasteiger partial charge in [-0.2, -0.15) is 5.10 Å². The fourth-order valence-electron chi connectivity index (χ4n) is 3.68. The lowest BCUT2D eigenvalue weighted by Gasteiger charge is -2.34. The number of carbonyl (C=O) groups is 1. The number of piperidine rings is 1. The number of hydrogen-bond acceptors (Lipinski definition) is 7. The van der Waals surface area contributed by atoms with E-state index < -0.39 is 5.60 Å². The van der Waals surface area contributed by atoms with E-state index in [2.05, 4.69) is 26.4 Å². The number of hydrogen-bond donors (Lipinski definition) is 2. The molecule has 164 valence electrons. The van der Waals surface area contributed by atoms with E-state index in [1.54, 1.807) is 21.8 Å². The summed E-state index contributed by atoms with van der Waals surface area (Å²) in [5.74, 6) is 1.12. The molecule has 1 amide bonds. The molecule has 1 aliphatic heterocycles. The first-order valence-electron chi connectivity index (χ1n) is 10.5. The van der Waals surface area contributed by atoms with E-state index in [1.165, 1.54) is 0 Å². The number of nitrogen functional groups attached to an aromatic ring is 1. The maximum atomic E-state index is 12.5. The molecule has 0 spiro atoms. The van der Waals surface area contributed by atoms with Crippen LogP contribution in [0.4, 0.5) is 16.3 Å². The highest BCUT2D eigenvalue weighted by atomic mass is 16.6. The van der Waals surface area contributed by atoms with Crippen molar-refractivity contribution in [1.29, 1.82) is 0 Å². The predicted octanol–water partition coefficient (Wildman–Crippen LogP) is 3.49. The average molecular weight is 424 g/mol. The number of fused-ring (bicyclic) bond motifs is 1. The van der Waals surface area contributed by atoms with Gasteiger partial charge >= 0.3 is 6.09 Å². The number of rotatable bonds is 3. The SMILES string of the molecule is Cc1ccn2ncc(-c3ncc(N)c(NC4CCCN(C(=O)OC(C)(C)C)C4)n3)c2c1. The smallest absolute Gasteiger partial charge is 0.410 e. The van der Waals surface area contributed by atoms with Crippen LogP contribution in [0.2, 0.25) is 0 Å². The van der Waals surface area contributed by atoms with Crippen molar-refractivity contribution in [3.63, 3.8) is 0 Å². The Morgan fingerprint density at radius 2 is 2.13 bits per heavy atom. The Morgan fingerprint density at radius 3 is 2.90 bits per heavy atom. The first kappa shape index (κ1) is 20.9. The molecule has 1 fully saturated rings. The number of aryl methyl sites for hydroxylation is 1. The maximum absolute atomic E-state index is 12.5. The Morgan fingerprint density at radius 1 is 1.32 bits per heavy atom. The summed E-state index contributed by atoms with van der Waals surface area (Å²) in [6.45, 7) is 8.86. The van der Waals surface area contributed by atoms with Crippen molar-refractivity contribution in [2.45, 2.75) is 52.2 Å². The molecule has 0 saturated carbocycles. The Labute approximate surface area is 181 Å². The molecule has 9 heteroatoms. The van der Waals surface area contributed by atoms with Gasteiger partial charge in [-0.25, -0.2) is 19.3 Å². The van der Waals surface area contributed by atoms with E-state index in [9.17, 15) is 4.79 Å². The Hall–Kier alpha value is -3.36. The number of likely N-dealkylation sites (tertiary alicyclic amines) is 1. The first-order valence-corrected chi connectivity index (χ1v) is 10.5.